The molecular weight excluding hydrogens is 312 g/mol. The third-order valence-electron chi connectivity index (χ3n) is 4.68. The Hall–Kier alpha value is -2.87. The van der Waals surface area contributed by atoms with Gasteiger partial charge in [0.25, 0.3) is 0 Å². The van der Waals surface area contributed by atoms with E-state index >= 15 is 0 Å². The molecule has 1 N–H and O–H groups in total. The van der Waals surface area contributed by atoms with Crippen molar-refractivity contribution in [3.05, 3.63) is 65.5 Å². The first kappa shape index (κ1) is 17.0. The van der Waals surface area contributed by atoms with E-state index < -0.39 is 0 Å². The highest BCUT2D eigenvalue weighted by atomic mass is 16.2. The minimum atomic E-state index is -0.218. The molecule has 1 aliphatic rings. The van der Waals surface area contributed by atoms with Gasteiger partial charge in [-0.15, -0.1) is 0 Å². The number of hydrogen-bond acceptors (Lipinski definition) is 3. The maximum absolute atomic E-state index is 12.7. The zero-order chi connectivity index (χ0) is 17.6. The number of aromatic nitrogens is 1. The van der Waals surface area contributed by atoms with E-state index in [4.69, 9.17) is 5.26 Å². The fourth-order valence-corrected chi connectivity index (χ4v) is 3.10. The maximum atomic E-state index is 12.7. The van der Waals surface area contributed by atoms with Crippen molar-refractivity contribution in [3.63, 3.8) is 0 Å². The second-order valence-corrected chi connectivity index (χ2v) is 6.46. The topological polar surface area (TPSA) is 69.0 Å². The molecule has 3 rings (SSSR count). The van der Waals surface area contributed by atoms with E-state index in [1.807, 2.05) is 43.3 Å². The Kier molecular flexibility index (Phi) is 5.30. The number of rotatable bonds is 3. The third-order valence-corrected chi connectivity index (χ3v) is 4.68. The van der Waals surface area contributed by atoms with Gasteiger partial charge in [-0.3, -0.25) is 4.98 Å². The standard InChI is InChI=1S/C20H22N4O/c1-15-2-4-17(5-3-15)19(18-6-10-22-11-7-18)23-20(25)24-12-8-16(14-21)9-13-24/h2-7,10-11,16,19H,8-9,12-13H2,1H3,(H,23,25)/t19-/m1/s1. The van der Waals surface area contributed by atoms with Gasteiger partial charge in [0, 0.05) is 31.4 Å². The van der Waals surface area contributed by atoms with Crippen LogP contribution in [0.25, 0.3) is 0 Å². The molecule has 0 spiro atoms. The number of amides is 2. The average Bonchev–Trinajstić information content (AvgIpc) is 2.67. The second-order valence-electron chi connectivity index (χ2n) is 6.46. The number of nitrogens with one attached hydrogen (secondary N) is 1. The first-order valence-electron chi connectivity index (χ1n) is 8.59. The largest absolute Gasteiger partial charge is 0.327 e. The molecule has 1 aromatic carbocycles. The zero-order valence-electron chi connectivity index (χ0n) is 14.4. The summed E-state index contributed by atoms with van der Waals surface area (Å²) in [5.74, 6) is 0.0668. The predicted molar refractivity (Wildman–Crippen MR) is 95.7 cm³/mol. The fraction of sp³-hybridized carbons (Fsp3) is 0.350. The highest BCUT2D eigenvalue weighted by Crippen LogP contribution is 2.23. The van der Waals surface area contributed by atoms with E-state index in [-0.39, 0.29) is 18.0 Å². The summed E-state index contributed by atoms with van der Waals surface area (Å²) >= 11 is 0. The van der Waals surface area contributed by atoms with Gasteiger partial charge in [-0.2, -0.15) is 5.26 Å². The van der Waals surface area contributed by atoms with Crippen LogP contribution in [0.3, 0.4) is 0 Å². The van der Waals surface area contributed by atoms with Gasteiger partial charge in [-0.05, 0) is 43.0 Å². The summed E-state index contributed by atoms with van der Waals surface area (Å²) in [5.41, 5.74) is 3.22. The fourth-order valence-electron chi connectivity index (χ4n) is 3.10. The summed E-state index contributed by atoms with van der Waals surface area (Å²) < 4.78 is 0. The van der Waals surface area contributed by atoms with Gasteiger partial charge in [0.15, 0.2) is 0 Å². The van der Waals surface area contributed by atoms with E-state index in [0.29, 0.717) is 13.1 Å². The molecule has 0 aliphatic carbocycles. The van der Waals surface area contributed by atoms with Crippen LogP contribution in [-0.2, 0) is 0 Å². The second kappa shape index (κ2) is 7.80. The number of hydrogen-bond donors (Lipinski definition) is 1. The van der Waals surface area contributed by atoms with Crippen molar-refractivity contribution in [1.29, 1.82) is 5.26 Å². The van der Waals surface area contributed by atoms with Crippen LogP contribution in [0.2, 0.25) is 0 Å². The van der Waals surface area contributed by atoms with Crippen LogP contribution in [0, 0.1) is 24.2 Å². The van der Waals surface area contributed by atoms with Crippen LogP contribution in [0.5, 0.6) is 0 Å². The molecule has 2 amide bonds. The Morgan fingerprint density at radius 3 is 2.36 bits per heavy atom. The quantitative estimate of drug-likeness (QED) is 0.935. The van der Waals surface area contributed by atoms with Gasteiger partial charge in [-0.1, -0.05) is 29.8 Å². The highest BCUT2D eigenvalue weighted by Gasteiger charge is 2.25. The number of likely N-dealkylation sites (tertiary alicyclic amines) is 1. The summed E-state index contributed by atoms with van der Waals surface area (Å²) in [6.45, 7) is 3.30. The van der Waals surface area contributed by atoms with Crippen LogP contribution in [0.1, 0.15) is 35.6 Å². The summed E-state index contributed by atoms with van der Waals surface area (Å²) in [6.07, 6.45) is 4.96. The first-order valence-corrected chi connectivity index (χ1v) is 8.59. The molecular formula is C20H22N4O. The first-order chi connectivity index (χ1) is 12.2. The number of carbonyl (C=O) groups excluding carboxylic acids is 1. The molecule has 2 heterocycles. The van der Waals surface area contributed by atoms with E-state index in [9.17, 15) is 4.79 Å². The van der Waals surface area contributed by atoms with E-state index in [0.717, 1.165) is 24.0 Å². The molecule has 0 radical (unpaired) electrons. The summed E-state index contributed by atoms with van der Waals surface area (Å²) in [4.78, 5) is 18.6. The van der Waals surface area contributed by atoms with E-state index in [1.54, 1.807) is 17.3 Å². The Balaban J connectivity index is 1.77. The molecule has 0 unspecified atom stereocenters. The molecule has 1 aromatic heterocycles. The Labute approximate surface area is 148 Å². The number of nitrogens with zero attached hydrogens (tertiary/aromatic N) is 3. The number of benzene rings is 1. The van der Waals surface area contributed by atoms with Crippen LogP contribution in [-0.4, -0.2) is 29.0 Å². The number of aryl methyl sites for hydroxylation is 1. The molecule has 1 aliphatic heterocycles. The van der Waals surface area contributed by atoms with Crippen molar-refractivity contribution in [2.24, 2.45) is 5.92 Å². The Morgan fingerprint density at radius 1 is 1.16 bits per heavy atom. The van der Waals surface area contributed by atoms with Gasteiger partial charge in [-0.25, -0.2) is 4.79 Å². The van der Waals surface area contributed by atoms with Gasteiger partial charge in [0.05, 0.1) is 12.1 Å². The minimum absolute atomic E-state index is 0.0668. The van der Waals surface area contributed by atoms with E-state index in [1.165, 1.54) is 5.56 Å². The third kappa shape index (κ3) is 4.16. The van der Waals surface area contributed by atoms with Gasteiger partial charge in [0.1, 0.15) is 0 Å². The van der Waals surface area contributed by atoms with Crippen molar-refractivity contribution in [3.8, 4) is 6.07 Å². The zero-order valence-corrected chi connectivity index (χ0v) is 14.4. The van der Waals surface area contributed by atoms with Crippen LogP contribution < -0.4 is 5.32 Å². The lowest BCUT2D eigenvalue weighted by Crippen LogP contribution is -2.45. The molecule has 1 saturated heterocycles. The molecule has 1 atom stereocenters. The summed E-state index contributed by atoms with van der Waals surface area (Å²) in [5, 5.41) is 12.2. The number of piperidine rings is 1. The van der Waals surface area contributed by atoms with Gasteiger partial charge in [0.2, 0.25) is 0 Å². The molecule has 5 heteroatoms. The molecule has 1 fully saturated rings. The monoisotopic (exact) mass is 334 g/mol. The van der Waals surface area contributed by atoms with Crippen molar-refractivity contribution in [2.75, 3.05) is 13.1 Å². The van der Waals surface area contributed by atoms with Crippen LogP contribution >= 0.6 is 0 Å². The number of carbonyl (C=O) groups is 1. The lowest BCUT2D eigenvalue weighted by molar-refractivity contribution is 0.177. The molecule has 0 bridgehead atoms. The Bertz CT molecular complexity index is 744. The highest BCUT2D eigenvalue weighted by molar-refractivity contribution is 5.75. The van der Waals surface area contributed by atoms with Crippen molar-refractivity contribution < 1.29 is 4.79 Å². The minimum Gasteiger partial charge on any atom is -0.327 e. The molecule has 25 heavy (non-hydrogen) atoms. The summed E-state index contributed by atoms with van der Waals surface area (Å²) in [6, 6.07) is 14.0. The van der Waals surface area contributed by atoms with Crippen LogP contribution in [0.4, 0.5) is 4.79 Å². The summed E-state index contributed by atoms with van der Waals surface area (Å²) in [7, 11) is 0. The Morgan fingerprint density at radius 2 is 1.76 bits per heavy atom. The normalized spacial score (nSPS) is 16.1. The van der Waals surface area contributed by atoms with E-state index in [2.05, 4.69) is 16.4 Å². The van der Waals surface area contributed by atoms with Crippen molar-refractivity contribution >= 4 is 6.03 Å². The number of urea groups is 1. The smallest absolute Gasteiger partial charge is 0.318 e. The molecule has 5 nitrogen and oxygen atoms in total. The lowest BCUT2D eigenvalue weighted by atomic mass is 9.98. The lowest BCUT2D eigenvalue weighted by Gasteiger charge is -2.31. The SMILES string of the molecule is Cc1ccc([C@@H](NC(=O)N2CCC(C#N)CC2)c2ccncc2)cc1. The molecule has 2 aromatic rings. The maximum Gasteiger partial charge on any atom is 0.318 e. The van der Waals surface area contributed by atoms with Crippen molar-refractivity contribution in [1.82, 2.24) is 15.2 Å². The van der Waals surface area contributed by atoms with Crippen molar-refractivity contribution in [2.45, 2.75) is 25.8 Å². The number of nitriles is 1. The molecule has 0 saturated carbocycles. The van der Waals surface area contributed by atoms with Crippen LogP contribution in [0.15, 0.2) is 48.8 Å². The number of pyridine rings is 1. The average molecular weight is 334 g/mol. The predicted octanol–water partition coefficient (Wildman–Crippen LogP) is 3.42. The molecule has 128 valence electrons. The van der Waals surface area contributed by atoms with Gasteiger partial charge >= 0.3 is 6.03 Å². The van der Waals surface area contributed by atoms with Gasteiger partial charge < -0.3 is 10.2 Å².